The Balaban J connectivity index is 1.90. The van der Waals surface area contributed by atoms with Crippen molar-refractivity contribution in [2.75, 3.05) is 6.61 Å². The van der Waals surface area contributed by atoms with E-state index in [2.05, 4.69) is 16.9 Å². The number of hydrogen-bond acceptors (Lipinski definition) is 5. The maximum atomic E-state index is 12.9. The molecule has 1 aliphatic heterocycles. The van der Waals surface area contributed by atoms with Gasteiger partial charge in [-0.1, -0.05) is 6.08 Å². The topological polar surface area (TPSA) is 124 Å². The van der Waals surface area contributed by atoms with Crippen molar-refractivity contribution < 1.29 is 22.7 Å². The number of sulfonamides is 1. The van der Waals surface area contributed by atoms with Crippen LogP contribution in [0.4, 0.5) is 0 Å². The van der Waals surface area contributed by atoms with Crippen molar-refractivity contribution in [2.24, 2.45) is 5.14 Å². The number of primary sulfonamides is 1. The molecule has 2 atom stereocenters. The zero-order chi connectivity index (χ0) is 19.6. The van der Waals surface area contributed by atoms with Gasteiger partial charge in [0.05, 0.1) is 11.6 Å². The van der Waals surface area contributed by atoms with Crippen LogP contribution in [0.2, 0.25) is 0 Å². The van der Waals surface area contributed by atoms with Crippen LogP contribution in [0.1, 0.15) is 34.1 Å². The van der Waals surface area contributed by atoms with Crippen LogP contribution in [0.5, 0.6) is 11.5 Å². The number of amides is 1. The molecular weight excluding hydrogens is 370 g/mol. The molecule has 4 N–H and O–H groups in total. The molecule has 144 valence electrons. The Labute approximate surface area is 157 Å². The molecule has 0 bridgehead atoms. The van der Waals surface area contributed by atoms with Gasteiger partial charge in [0, 0.05) is 11.9 Å². The van der Waals surface area contributed by atoms with E-state index in [-0.39, 0.29) is 35.6 Å². The van der Waals surface area contributed by atoms with E-state index in [1.54, 1.807) is 31.3 Å². The quantitative estimate of drug-likeness (QED) is 0.647. The highest BCUT2D eigenvalue weighted by atomic mass is 32.2. The van der Waals surface area contributed by atoms with Gasteiger partial charge in [0.2, 0.25) is 5.44 Å². The SMILES string of the molecule is C=CCC(NC(=O)c1cc(C)cc2c1OCC(S(N)(=O)=O)O2)c1ccc[nH]1. The molecule has 27 heavy (non-hydrogen) atoms. The molecule has 2 aromatic rings. The van der Waals surface area contributed by atoms with E-state index in [0.29, 0.717) is 6.42 Å². The van der Waals surface area contributed by atoms with Crippen molar-refractivity contribution in [1.29, 1.82) is 0 Å². The summed E-state index contributed by atoms with van der Waals surface area (Å²) in [6.45, 7) is 5.21. The van der Waals surface area contributed by atoms with Gasteiger partial charge in [-0.05, 0) is 43.2 Å². The first kappa shape index (κ1) is 19.0. The summed E-state index contributed by atoms with van der Waals surface area (Å²) in [6, 6.07) is 6.69. The molecule has 1 aliphatic rings. The van der Waals surface area contributed by atoms with Gasteiger partial charge >= 0.3 is 0 Å². The highest BCUT2D eigenvalue weighted by Gasteiger charge is 2.33. The third kappa shape index (κ3) is 4.15. The summed E-state index contributed by atoms with van der Waals surface area (Å²) in [5.74, 6) is 0.00136. The minimum Gasteiger partial charge on any atom is -0.484 e. The van der Waals surface area contributed by atoms with Gasteiger partial charge in [0.15, 0.2) is 11.5 Å². The standard InChI is InChI=1S/C18H21N3O5S/c1-3-5-14(13-6-4-7-20-13)21-18(22)12-8-11(2)9-15-17(12)25-10-16(26-15)27(19,23)24/h3-4,6-9,14,16,20H,1,5,10H2,2H3,(H,21,22)(H2,19,23,24). The van der Waals surface area contributed by atoms with Crippen molar-refractivity contribution in [2.45, 2.75) is 24.8 Å². The smallest absolute Gasteiger partial charge is 0.255 e. The summed E-state index contributed by atoms with van der Waals surface area (Å²) in [5, 5.41) is 8.07. The zero-order valence-corrected chi connectivity index (χ0v) is 15.6. The Morgan fingerprint density at radius 2 is 2.30 bits per heavy atom. The lowest BCUT2D eigenvalue weighted by Crippen LogP contribution is -2.41. The molecule has 3 rings (SSSR count). The van der Waals surface area contributed by atoms with E-state index in [4.69, 9.17) is 14.6 Å². The summed E-state index contributed by atoms with van der Waals surface area (Å²) >= 11 is 0. The molecule has 8 nitrogen and oxygen atoms in total. The largest absolute Gasteiger partial charge is 0.484 e. The highest BCUT2D eigenvalue weighted by Crippen LogP contribution is 2.37. The summed E-state index contributed by atoms with van der Waals surface area (Å²) in [5.41, 5.74) is 0.516. The average Bonchev–Trinajstić information content (AvgIpc) is 3.13. The van der Waals surface area contributed by atoms with Crippen LogP contribution < -0.4 is 19.9 Å². The van der Waals surface area contributed by atoms with Crippen LogP contribution in [-0.4, -0.2) is 31.4 Å². The first-order chi connectivity index (χ1) is 12.8. The summed E-state index contributed by atoms with van der Waals surface area (Å²) in [7, 11) is -3.93. The van der Waals surface area contributed by atoms with E-state index in [0.717, 1.165) is 11.3 Å². The number of rotatable bonds is 6. The fourth-order valence-corrected chi connectivity index (χ4v) is 3.36. The predicted molar refractivity (Wildman–Crippen MR) is 100 cm³/mol. The number of carbonyl (C=O) groups excluding carboxylic acids is 1. The minimum atomic E-state index is -3.93. The summed E-state index contributed by atoms with van der Waals surface area (Å²) in [6.07, 6.45) is 4.02. The second kappa shape index (κ2) is 7.45. The molecule has 9 heteroatoms. The Bertz CT molecular complexity index is 954. The second-order valence-electron chi connectivity index (χ2n) is 6.26. The van der Waals surface area contributed by atoms with Crippen molar-refractivity contribution in [3.05, 3.63) is 59.9 Å². The van der Waals surface area contributed by atoms with Crippen molar-refractivity contribution in [3.63, 3.8) is 0 Å². The third-order valence-corrected chi connectivity index (χ3v) is 5.10. The maximum Gasteiger partial charge on any atom is 0.255 e. The number of nitrogens with two attached hydrogens (primary N) is 1. The Morgan fingerprint density at radius 3 is 2.93 bits per heavy atom. The monoisotopic (exact) mass is 391 g/mol. The third-order valence-electron chi connectivity index (χ3n) is 4.14. The molecule has 0 saturated carbocycles. The number of benzene rings is 1. The van der Waals surface area contributed by atoms with Gasteiger partial charge in [-0.3, -0.25) is 4.79 Å². The predicted octanol–water partition coefficient (Wildman–Crippen LogP) is 1.76. The number of nitrogens with one attached hydrogen (secondary N) is 2. The first-order valence-corrected chi connectivity index (χ1v) is 9.91. The van der Waals surface area contributed by atoms with Gasteiger partial charge < -0.3 is 19.8 Å². The minimum absolute atomic E-state index is 0.172. The molecule has 2 heterocycles. The molecule has 0 saturated heterocycles. The molecule has 0 aliphatic carbocycles. The molecule has 0 fully saturated rings. The number of ether oxygens (including phenoxy) is 2. The van der Waals surface area contributed by atoms with Gasteiger partial charge in [0.1, 0.15) is 6.61 Å². The lowest BCUT2D eigenvalue weighted by molar-refractivity contribution is 0.0920. The van der Waals surface area contributed by atoms with Gasteiger partial charge in [-0.15, -0.1) is 6.58 Å². The number of aromatic amines is 1. The Hall–Kier alpha value is -2.78. The van der Waals surface area contributed by atoms with E-state index in [1.165, 1.54) is 0 Å². The molecule has 1 amide bonds. The van der Waals surface area contributed by atoms with E-state index >= 15 is 0 Å². The van der Waals surface area contributed by atoms with Crippen molar-refractivity contribution >= 4 is 15.9 Å². The summed E-state index contributed by atoms with van der Waals surface area (Å²) < 4.78 is 34.0. The fourth-order valence-electron chi connectivity index (χ4n) is 2.86. The second-order valence-corrected chi connectivity index (χ2v) is 7.97. The number of hydrogen-bond donors (Lipinski definition) is 3. The highest BCUT2D eigenvalue weighted by molar-refractivity contribution is 7.89. The summed E-state index contributed by atoms with van der Waals surface area (Å²) in [4.78, 5) is 16.0. The first-order valence-electron chi connectivity index (χ1n) is 8.30. The van der Waals surface area contributed by atoms with Crippen LogP contribution in [0.25, 0.3) is 0 Å². The average molecular weight is 391 g/mol. The van der Waals surface area contributed by atoms with Crippen LogP contribution in [0.15, 0.2) is 43.1 Å². The number of carbonyl (C=O) groups is 1. The van der Waals surface area contributed by atoms with Gasteiger partial charge in [-0.2, -0.15) is 0 Å². The Morgan fingerprint density at radius 1 is 1.52 bits per heavy atom. The van der Waals surface area contributed by atoms with Gasteiger partial charge in [-0.25, -0.2) is 13.6 Å². The molecule has 0 spiro atoms. The van der Waals surface area contributed by atoms with E-state index < -0.39 is 15.5 Å². The van der Waals surface area contributed by atoms with Crippen LogP contribution >= 0.6 is 0 Å². The van der Waals surface area contributed by atoms with Crippen LogP contribution in [0.3, 0.4) is 0 Å². The van der Waals surface area contributed by atoms with Crippen molar-refractivity contribution in [1.82, 2.24) is 10.3 Å². The lowest BCUT2D eigenvalue weighted by atomic mass is 10.1. The van der Waals surface area contributed by atoms with Crippen molar-refractivity contribution in [3.8, 4) is 11.5 Å². The number of aryl methyl sites for hydroxylation is 1. The number of aromatic nitrogens is 1. The maximum absolute atomic E-state index is 12.9. The van der Waals surface area contributed by atoms with E-state index in [9.17, 15) is 13.2 Å². The Kier molecular flexibility index (Phi) is 5.24. The lowest BCUT2D eigenvalue weighted by Gasteiger charge is -2.27. The molecule has 0 radical (unpaired) electrons. The number of fused-ring (bicyclic) bond motifs is 1. The van der Waals surface area contributed by atoms with Gasteiger partial charge in [0.25, 0.3) is 15.9 Å². The number of H-pyrrole nitrogens is 1. The molecule has 1 aromatic heterocycles. The molecule has 2 unspecified atom stereocenters. The zero-order valence-electron chi connectivity index (χ0n) is 14.8. The van der Waals surface area contributed by atoms with E-state index in [1.807, 2.05) is 12.1 Å². The van der Waals surface area contributed by atoms with Crippen LogP contribution in [0, 0.1) is 6.92 Å². The molecule has 1 aromatic carbocycles. The fraction of sp³-hybridized carbons (Fsp3) is 0.278. The molecular formula is C18H21N3O5S. The van der Waals surface area contributed by atoms with Crippen LogP contribution in [-0.2, 0) is 10.0 Å². The normalized spacial score (nSPS) is 17.2.